The fraction of sp³-hybridized carbons (Fsp3) is 0.400. The summed E-state index contributed by atoms with van der Waals surface area (Å²) >= 11 is 0. The van der Waals surface area contributed by atoms with E-state index in [0.717, 1.165) is 37.4 Å². The van der Waals surface area contributed by atoms with Crippen LogP contribution in [0, 0.1) is 12.8 Å². The molecule has 1 saturated heterocycles. The molecule has 0 N–H and O–H groups in total. The number of nitrogens with zero attached hydrogens (tertiary/aromatic N) is 5. The minimum Gasteiger partial charge on any atom is -0.497 e. The van der Waals surface area contributed by atoms with Gasteiger partial charge in [-0.3, -0.25) is 14.3 Å². The number of benzene rings is 1. The van der Waals surface area contributed by atoms with Gasteiger partial charge >= 0.3 is 0 Å². The van der Waals surface area contributed by atoms with Crippen molar-refractivity contribution < 1.29 is 4.74 Å². The lowest BCUT2D eigenvalue weighted by Crippen LogP contribution is -2.37. The smallest absolute Gasteiger partial charge is 0.261 e. The van der Waals surface area contributed by atoms with Gasteiger partial charge < -0.3 is 9.64 Å². The summed E-state index contributed by atoms with van der Waals surface area (Å²) in [7, 11) is 1.61. The molecule has 0 unspecified atom stereocenters. The van der Waals surface area contributed by atoms with Crippen LogP contribution in [0.1, 0.15) is 18.5 Å². The molecule has 27 heavy (non-hydrogen) atoms. The summed E-state index contributed by atoms with van der Waals surface area (Å²) in [4.78, 5) is 28.3. The summed E-state index contributed by atoms with van der Waals surface area (Å²) in [6.07, 6.45) is 7.28. The lowest BCUT2D eigenvalue weighted by Gasteiger charge is -2.32. The van der Waals surface area contributed by atoms with Crippen LogP contribution in [0.2, 0.25) is 0 Å². The molecule has 0 aliphatic carbocycles. The van der Waals surface area contributed by atoms with E-state index in [-0.39, 0.29) is 5.56 Å². The van der Waals surface area contributed by atoms with E-state index in [4.69, 9.17) is 4.74 Å². The second-order valence-corrected chi connectivity index (χ2v) is 7.03. The van der Waals surface area contributed by atoms with Crippen molar-refractivity contribution in [3.63, 3.8) is 0 Å². The van der Waals surface area contributed by atoms with Crippen LogP contribution in [0.15, 0.2) is 41.7 Å². The van der Waals surface area contributed by atoms with Gasteiger partial charge in [0.2, 0.25) is 0 Å². The number of ether oxygens (including phenoxy) is 1. The lowest BCUT2D eigenvalue weighted by atomic mass is 9.96. The van der Waals surface area contributed by atoms with E-state index in [1.807, 2.05) is 13.1 Å². The van der Waals surface area contributed by atoms with Gasteiger partial charge in [0, 0.05) is 31.9 Å². The molecule has 7 nitrogen and oxygen atoms in total. The Morgan fingerprint density at radius 3 is 2.78 bits per heavy atom. The van der Waals surface area contributed by atoms with Crippen molar-refractivity contribution in [3.05, 3.63) is 53.0 Å². The maximum atomic E-state index is 12.8. The predicted octanol–water partition coefficient (Wildman–Crippen LogP) is 2.42. The van der Waals surface area contributed by atoms with E-state index >= 15 is 0 Å². The molecular weight excluding hydrogens is 342 g/mol. The first-order chi connectivity index (χ1) is 13.1. The van der Waals surface area contributed by atoms with Gasteiger partial charge in [0.05, 0.1) is 36.2 Å². The second-order valence-electron chi connectivity index (χ2n) is 7.03. The monoisotopic (exact) mass is 365 g/mol. The van der Waals surface area contributed by atoms with Gasteiger partial charge in [0.25, 0.3) is 5.56 Å². The fourth-order valence-corrected chi connectivity index (χ4v) is 3.62. The van der Waals surface area contributed by atoms with Crippen LogP contribution in [0.3, 0.4) is 0 Å². The quantitative estimate of drug-likeness (QED) is 0.707. The van der Waals surface area contributed by atoms with Gasteiger partial charge in [-0.05, 0) is 37.8 Å². The molecule has 4 rings (SSSR count). The molecule has 3 heterocycles. The molecule has 1 aliphatic heterocycles. The highest BCUT2D eigenvalue weighted by molar-refractivity contribution is 5.78. The molecule has 0 spiro atoms. The lowest BCUT2D eigenvalue weighted by molar-refractivity contribution is 0.351. The third kappa shape index (κ3) is 3.63. The largest absolute Gasteiger partial charge is 0.497 e. The number of rotatable bonds is 4. The number of anilines is 1. The highest BCUT2D eigenvalue weighted by Crippen LogP contribution is 2.23. The highest BCUT2D eigenvalue weighted by Gasteiger charge is 2.21. The van der Waals surface area contributed by atoms with Crippen molar-refractivity contribution in [3.8, 4) is 5.75 Å². The fourth-order valence-electron chi connectivity index (χ4n) is 3.62. The third-order valence-corrected chi connectivity index (χ3v) is 5.17. The summed E-state index contributed by atoms with van der Waals surface area (Å²) < 4.78 is 6.94. The van der Waals surface area contributed by atoms with Crippen LogP contribution in [-0.2, 0) is 6.54 Å². The first-order valence-electron chi connectivity index (χ1n) is 9.21. The van der Waals surface area contributed by atoms with Crippen LogP contribution >= 0.6 is 0 Å². The Kier molecular flexibility index (Phi) is 4.75. The van der Waals surface area contributed by atoms with Crippen molar-refractivity contribution in [2.24, 2.45) is 5.92 Å². The summed E-state index contributed by atoms with van der Waals surface area (Å²) in [5.74, 6) is 2.10. The minimum absolute atomic E-state index is 0.00892. The first kappa shape index (κ1) is 17.5. The maximum absolute atomic E-state index is 12.8. The standard InChI is InChI=1S/C20H23N5O2/c1-14-10-21-11-19(23-14)24-7-5-15(6-8-24)12-25-13-22-18-9-16(27-2)3-4-17(18)20(25)26/h3-4,9-11,13,15H,5-8,12H2,1-2H3. The van der Waals surface area contributed by atoms with Crippen molar-refractivity contribution >= 4 is 16.7 Å². The van der Waals surface area contributed by atoms with E-state index < -0.39 is 0 Å². The van der Waals surface area contributed by atoms with Crippen LogP contribution < -0.4 is 15.2 Å². The Bertz CT molecular complexity index is 1010. The maximum Gasteiger partial charge on any atom is 0.261 e. The molecule has 0 atom stereocenters. The van der Waals surface area contributed by atoms with Crippen LogP contribution in [-0.4, -0.2) is 39.7 Å². The van der Waals surface area contributed by atoms with E-state index in [1.165, 1.54) is 0 Å². The molecule has 1 aromatic carbocycles. The first-order valence-corrected chi connectivity index (χ1v) is 9.21. The normalized spacial score (nSPS) is 15.3. The number of hydrogen-bond acceptors (Lipinski definition) is 6. The van der Waals surface area contributed by atoms with Gasteiger partial charge in [-0.15, -0.1) is 0 Å². The second kappa shape index (κ2) is 7.34. The molecule has 1 fully saturated rings. The van der Waals surface area contributed by atoms with Crippen LogP contribution in [0.25, 0.3) is 10.9 Å². The van der Waals surface area contributed by atoms with Crippen LogP contribution in [0.4, 0.5) is 5.82 Å². The molecule has 0 bridgehead atoms. The topological polar surface area (TPSA) is 73.1 Å². The van der Waals surface area contributed by atoms with Crippen molar-refractivity contribution in [2.75, 3.05) is 25.1 Å². The van der Waals surface area contributed by atoms with Gasteiger partial charge in [0.15, 0.2) is 0 Å². The number of hydrogen-bond donors (Lipinski definition) is 0. The Hall–Kier alpha value is -2.96. The van der Waals surface area contributed by atoms with E-state index in [2.05, 4.69) is 19.9 Å². The number of piperidine rings is 1. The SMILES string of the molecule is COc1ccc2c(=O)n(CC3CCN(c4cncc(C)n4)CC3)cnc2c1. The Morgan fingerprint density at radius 2 is 2.04 bits per heavy atom. The molecule has 2 aromatic heterocycles. The molecule has 0 saturated carbocycles. The number of aromatic nitrogens is 4. The van der Waals surface area contributed by atoms with Gasteiger partial charge in [-0.25, -0.2) is 9.97 Å². The zero-order valence-corrected chi connectivity index (χ0v) is 15.6. The number of fused-ring (bicyclic) bond motifs is 1. The molecular formula is C20H23N5O2. The van der Waals surface area contributed by atoms with E-state index in [1.54, 1.807) is 42.4 Å². The number of aryl methyl sites for hydroxylation is 1. The third-order valence-electron chi connectivity index (χ3n) is 5.17. The van der Waals surface area contributed by atoms with Gasteiger partial charge in [-0.2, -0.15) is 0 Å². The molecule has 0 radical (unpaired) electrons. The summed E-state index contributed by atoms with van der Waals surface area (Å²) in [6.45, 7) is 4.50. The molecule has 140 valence electrons. The van der Waals surface area contributed by atoms with Crippen molar-refractivity contribution in [1.82, 2.24) is 19.5 Å². The zero-order valence-electron chi connectivity index (χ0n) is 15.6. The van der Waals surface area contributed by atoms with Gasteiger partial charge in [0.1, 0.15) is 11.6 Å². The predicted molar refractivity (Wildman–Crippen MR) is 104 cm³/mol. The Morgan fingerprint density at radius 1 is 1.22 bits per heavy atom. The van der Waals surface area contributed by atoms with Crippen LogP contribution in [0.5, 0.6) is 5.75 Å². The Labute approximate surface area is 157 Å². The Balaban J connectivity index is 1.46. The van der Waals surface area contributed by atoms with Gasteiger partial charge in [-0.1, -0.05) is 0 Å². The average Bonchev–Trinajstić information content (AvgIpc) is 2.70. The summed E-state index contributed by atoms with van der Waals surface area (Å²) in [6, 6.07) is 5.39. The molecule has 0 amide bonds. The molecule has 7 heteroatoms. The van der Waals surface area contributed by atoms with E-state index in [9.17, 15) is 4.79 Å². The molecule has 1 aliphatic rings. The number of methoxy groups -OCH3 is 1. The summed E-state index contributed by atoms with van der Waals surface area (Å²) in [5.41, 5.74) is 1.61. The van der Waals surface area contributed by atoms with Crippen molar-refractivity contribution in [2.45, 2.75) is 26.3 Å². The highest BCUT2D eigenvalue weighted by atomic mass is 16.5. The minimum atomic E-state index is 0.00892. The van der Waals surface area contributed by atoms with Crippen molar-refractivity contribution in [1.29, 1.82) is 0 Å². The van der Waals surface area contributed by atoms with E-state index in [0.29, 0.717) is 29.1 Å². The molecule has 3 aromatic rings. The average molecular weight is 365 g/mol. The zero-order chi connectivity index (χ0) is 18.8. The summed E-state index contributed by atoms with van der Waals surface area (Å²) in [5, 5.41) is 0.630.